The minimum absolute atomic E-state index is 0.0776. The van der Waals surface area contributed by atoms with E-state index in [1.807, 2.05) is 0 Å². The molecule has 1 aliphatic heterocycles. The lowest BCUT2D eigenvalue weighted by molar-refractivity contribution is 0.187. The van der Waals surface area contributed by atoms with Crippen molar-refractivity contribution < 1.29 is 5.11 Å². The fourth-order valence-corrected chi connectivity index (χ4v) is 4.27. The van der Waals surface area contributed by atoms with Gasteiger partial charge >= 0.3 is 0 Å². The number of likely N-dealkylation sites (tertiary alicyclic amines) is 1. The van der Waals surface area contributed by atoms with Crippen molar-refractivity contribution in [2.24, 2.45) is 4.99 Å². The molecule has 1 heterocycles. The molecular weight excluding hydrogens is 324 g/mol. The van der Waals surface area contributed by atoms with Gasteiger partial charge in [-0.25, -0.2) is 0 Å². The third-order valence-electron chi connectivity index (χ3n) is 5.71. The van der Waals surface area contributed by atoms with Crippen molar-refractivity contribution >= 4 is 5.96 Å². The molecule has 1 unspecified atom stereocenters. The van der Waals surface area contributed by atoms with Gasteiger partial charge in [0.2, 0.25) is 0 Å². The van der Waals surface area contributed by atoms with Crippen molar-refractivity contribution in [1.82, 2.24) is 15.5 Å². The van der Waals surface area contributed by atoms with Gasteiger partial charge in [-0.05, 0) is 38.7 Å². The Morgan fingerprint density at radius 2 is 2.04 bits per heavy atom. The van der Waals surface area contributed by atoms with Crippen molar-refractivity contribution in [3.05, 3.63) is 35.9 Å². The highest BCUT2D eigenvalue weighted by atomic mass is 16.3. The van der Waals surface area contributed by atoms with Crippen molar-refractivity contribution in [1.29, 1.82) is 0 Å². The first kappa shape index (κ1) is 19.2. The summed E-state index contributed by atoms with van der Waals surface area (Å²) in [5.74, 6) is 0.949. The number of β-amino-alcohol motifs (C(OH)–C–C–N with tert-alkyl or cyclic N) is 1. The lowest BCUT2D eigenvalue weighted by atomic mass is 9.95. The van der Waals surface area contributed by atoms with E-state index in [9.17, 15) is 5.11 Å². The van der Waals surface area contributed by atoms with Gasteiger partial charge in [0.1, 0.15) is 0 Å². The van der Waals surface area contributed by atoms with Crippen LogP contribution in [0, 0.1) is 0 Å². The van der Waals surface area contributed by atoms with Gasteiger partial charge in [-0.1, -0.05) is 43.2 Å². The number of benzene rings is 1. The van der Waals surface area contributed by atoms with E-state index in [4.69, 9.17) is 4.99 Å². The van der Waals surface area contributed by atoms with Crippen molar-refractivity contribution in [3.63, 3.8) is 0 Å². The monoisotopic (exact) mass is 358 g/mol. The van der Waals surface area contributed by atoms with Crippen LogP contribution in [0.3, 0.4) is 0 Å². The Bertz CT molecular complexity index is 583. The molecule has 2 fully saturated rings. The van der Waals surface area contributed by atoms with Crippen LogP contribution in [-0.4, -0.2) is 53.8 Å². The lowest BCUT2D eigenvalue weighted by Crippen LogP contribution is -2.48. The molecule has 0 bridgehead atoms. The third-order valence-corrected chi connectivity index (χ3v) is 5.71. The number of aliphatic hydroxyl groups excluding tert-OH is 1. The summed E-state index contributed by atoms with van der Waals surface area (Å²) in [4.78, 5) is 7.18. The number of guanidine groups is 1. The van der Waals surface area contributed by atoms with Crippen molar-refractivity contribution in [2.45, 2.75) is 63.6 Å². The molecule has 0 amide bonds. The highest BCUT2D eigenvalue weighted by Gasteiger charge is 2.35. The van der Waals surface area contributed by atoms with Crippen LogP contribution in [0.4, 0.5) is 0 Å². The first-order valence-electron chi connectivity index (χ1n) is 10.2. The van der Waals surface area contributed by atoms with E-state index in [0.29, 0.717) is 12.6 Å². The Balaban J connectivity index is 1.70. The summed E-state index contributed by atoms with van der Waals surface area (Å²) < 4.78 is 0. The van der Waals surface area contributed by atoms with Gasteiger partial charge in [0.05, 0.1) is 12.6 Å². The number of aliphatic hydroxyl groups is 1. The van der Waals surface area contributed by atoms with Gasteiger partial charge in [0, 0.05) is 31.2 Å². The molecule has 2 atom stereocenters. The van der Waals surface area contributed by atoms with Gasteiger partial charge in [0.15, 0.2) is 5.96 Å². The highest BCUT2D eigenvalue weighted by molar-refractivity contribution is 5.80. The second kappa shape index (κ2) is 8.87. The molecule has 3 N–H and O–H groups in total. The van der Waals surface area contributed by atoms with E-state index < -0.39 is 0 Å². The van der Waals surface area contributed by atoms with Gasteiger partial charge in [-0.2, -0.15) is 0 Å². The predicted molar refractivity (Wildman–Crippen MR) is 107 cm³/mol. The minimum atomic E-state index is -0.226. The Hall–Kier alpha value is -1.59. The van der Waals surface area contributed by atoms with Gasteiger partial charge in [0.25, 0.3) is 0 Å². The fourth-order valence-electron chi connectivity index (χ4n) is 4.27. The number of hydrogen-bond donors (Lipinski definition) is 3. The summed E-state index contributed by atoms with van der Waals surface area (Å²) in [6, 6.07) is 11.0. The molecule has 1 saturated carbocycles. The second-order valence-corrected chi connectivity index (χ2v) is 7.82. The topological polar surface area (TPSA) is 59.9 Å². The van der Waals surface area contributed by atoms with E-state index in [1.165, 1.54) is 31.2 Å². The van der Waals surface area contributed by atoms with Crippen LogP contribution >= 0.6 is 0 Å². The molecule has 1 aromatic rings. The molecule has 144 valence electrons. The smallest absolute Gasteiger partial charge is 0.194 e. The SMILES string of the molecule is CCNC(=NCC1(NC(C)c2ccccc2)CCCC1)N1CC[C@@H](O)C1. The molecule has 0 spiro atoms. The number of nitrogens with one attached hydrogen (secondary N) is 2. The molecule has 1 aromatic carbocycles. The van der Waals surface area contributed by atoms with Gasteiger partial charge in [-0.15, -0.1) is 0 Å². The maximum Gasteiger partial charge on any atom is 0.194 e. The van der Waals surface area contributed by atoms with Crippen LogP contribution in [0.15, 0.2) is 35.3 Å². The summed E-state index contributed by atoms with van der Waals surface area (Å²) in [7, 11) is 0. The van der Waals surface area contributed by atoms with Gasteiger partial charge < -0.3 is 20.6 Å². The lowest BCUT2D eigenvalue weighted by Gasteiger charge is -2.33. The number of hydrogen-bond acceptors (Lipinski definition) is 3. The average Bonchev–Trinajstić information content (AvgIpc) is 3.29. The normalized spacial score (nSPS) is 24.0. The maximum absolute atomic E-state index is 9.86. The van der Waals surface area contributed by atoms with Crippen molar-refractivity contribution in [3.8, 4) is 0 Å². The highest BCUT2D eigenvalue weighted by Crippen LogP contribution is 2.32. The first-order valence-corrected chi connectivity index (χ1v) is 10.2. The van der Waals surface area contributed by atoms with E-state index in [-0.39, 0.29) is 11.6 Å². The minimum Gasteiger partial charge on any atom is -0.391 e. The Kier molecular flexibility index (Phi) is 6.54. The molecule has 1 saturated heterocycles. The maximum atomic E-state index is 9.86. The summed E-state index contributed by atoms with van der Waals surface area (Å²) >= 11 is 0. The largest absolute Gasteiger partial charge is 0.391 e. The summed E-state index contributed by atoms with van der Waals surface area (Å²) in [6.07, 6.45) is 5.49. The van der Waals surface area contributed by atoms with E-state index in [2.05, 4.69) is 59.7 Å². The van der Waals surface area contributed by atoms with Crippen LogP contribution in [0.2, 0.25) is 0 Å². The molecule has 26 heavy (non-hydrogen) atoms. The van der Waals surface area contributed by atoms with Crippen LogP contribution in [0.5, 0.6) is 0 Å². The Labute approximate surface area is 157 Å². The van der Waals surface area contributed by atoms with Crippen LogP contribution in [0.25, 0.3) is 0 Å². The fraction of sp³-hybridized carbons (Fsp3) is 0.667. The zero-order valence-corrected chi connectivity index (χ0v) is 16.2. The van der Waals surface area contributed by atoms with E-state index in [1.54, 1.807) is 0 Å². The zero-order chi connectivity index (χ0) is 18.4. The van der Waals surface area contributed by atoms with Crippen LogP contribution < -0.4 is 10.6 Å². The summed E-state index contributed by atoms with van der Waals surface area (Å²) in [5, 5.41) is 17.2. The quantitative estimate of drug-likeness (QED) is 0.540. The third kappa shape index (κ3) is 4.77. The molecular formula is C21H34N4O. The number of aliphatic imine (C=N–C) groups is 1. The Morgan fingerprint density at radius 1 is 1.31 bits per heavy atom. The number of nitrogens with zero attached hydrogens (tertiary/aromatic N) is 2. The van der Waals surface area contributed by atoms with Crippen LogP contribution in [-0.2, 0) is 0 Å². The molecule has 2 aliphatic rings. The van der Waals surface area contributed by atoms with Gasteiger partial charge in [-0.3, -0.25) is 4.99 Å². The summed E-state index contributed by atoms with van der Waals surface area (Å²) in [5.41, 5.74) is 1.41. The van der Waals surface area contributed by atoms with Crippen LogP contribution in [0.1, 0.15) is 57.6 Å². The average molecular weight is 359 g/mol. The predicted octanol–water partition coefficient (Wildman–Crippen LogP) is 2.68. The molecule has 1 aliphatic carbocycles. The Morgan fingerprint density at radius 3 is 2.65 bits per heavy atom. The molecule has 5 heteroatoms. The van der Waals surface area contributed by atoms with Crippen molar-refractivity contribution in [2.75, 3.05) is 26.2 Å². The molecule has 0 aromatic heterocycles. The second-order valence-electron chi connectivity index (χ2n) is 7.82. The first-order chi connectivity index (χ1) is 12.6. The van der Waals surface area contributed by atoms with E-state index in [0.717, 1.165) is 32.0 Å². The molecule has 0 radical (unpaired) electrons. The standard InChI is InChI=1S/C21H34N4O/c1-3-22-20(25-14-11-19(26)15-25)23-16-21(12-7-8-13-21)24-17(2)18-9-5-4-6-10-18/h4-6,9-10,17,19,24,26H,3,7-8,11-16H2,1-2H3,(H,22,23)/t17?,19-/m1/s1. The molecule has 3 rings (SSSR count). The summed E-state index contributed by atoms with van der Waals surface area (Å²) in [6.45, 7) is 7.57. The van der Waals surface area contributed by atoms with E-state index >= 15 is 0 Å². The number of rotatable bonds is 6. The zero-order valence-electron chi connectivity index (χ0n) is 16.2. The molecule has 5 nitrogen and oxygen atoms in total.